The molecule has 1 aromatic carbocycles. The van der Waals surface area contributed by atoms with Crippen LogP contribution in [0.4, 0.5) is 0 Å². The van der Waals surface area contributed by atoms with Crippen molar-refractivity contribution in [2.75, 3.05) is 13.7 Å². The zero-order valence-electron chi connectivity index (χ0n) is 11.2. The van der Waals surface area contributed by atoms with Gasteiger partial charge in [0.1, 0.15) is 12.4 Å². The minimum atomic E-state index is -0.156. The van der Waals surface area contributed by atoms with Crippen molar-refractivity contribution < 1.29 is 14.6 Å². The summed E-state index contributed by atoms with van der Waals surface area (Å²) in [4.78, 5) is 0. The van der Waals surface area contributed by atoms with Gasteiger partial charge in [-0.25, -0.2) is 0 Å². The van der Waals surface area contributed by atoms with E-state index >= 15 is 0 Å². The van der Waals surface area contributed by atoms with E-state index in [0.29, 0.717) is 12.4 Å². The Morgan fingerprint density at radius 3 is 2.78 bits per heavy atom. The number of hydrogen-bond acceptors (Lipinski definition) is 3. The first kappa shape index (κ1) is 14.6. The highest BCUT2D eigenvalue weighted by molar-refractivity contribution is 5.48. The second-order valence-corrected chi connectivity index (χ2v) is 4.02. The first-order valence-corrected chi connectivity index (χ1v) is 6.09. The van der Waals surface area contributed by atoms with Crippen LogP contribution in [0.1, 0.15) is 31.4 Å². The molecule has 1 unspecified atom stereocenters. The summed E-state index contributed by atoms with van der Waals surface area (Å²) < 4.78 is 10.9. The summed E-state index contributed by atoms with van der Waals surface area (Å²) in [6, 6.07) is 5.77. The molecule has 1 N–H and O–H groups in total. The minimum Gasteiger partial charge on any atom is -0.495 e. The van der Waals surface area contributed by atoms with E-state index in [1.165, 1.54) is 0 Å². The van der Waals surface area contributed by atoms with Crippen LogP contribution in [0.15, 0.2) is 18.2 Å². The average Bonchev–Trinajstić information content (AvgIpc) is 2.42. The molecule has 18 heavy (non-hydrogen) atoms. The van der Waals surface area contributed by atoms with Crippen molar-refractivity contribution >= 4 is 0 Å². The van der Waals surface area contributed by atoms with Crippen molar-refractivity contribution in [2.45, 2.75) is 33.0 Å². The average molecular weight is 248 g/mol. The van der Waals surface area contributed by atoms with E-state index < -0.39 is 0 Å². The van der Waals surface area contributed by atoms with Crippen molar-refractivity contribution in [3.05, 3.63) is 29.3 Å². The van der Waals surface area contributed by atoms with E-state index in [-0.39, 0.29) is 12.7 Å². The van der Waals surface area contributed by atoms with Crippen LogP contribution >= 0.6 is 0 Å². The van der Waals surface area contributed by atoms with Gasteiger partial charge in [-0.2, -0.15) is 0 Å². The zero-order valence-corrected chi connectivity index (χ0v) is 11.2. The molecule has 0 amide bonds. The largest absolute Gasteiger partial charge is 0.495 e. The van der Waals surface area contributed by atoms with Crippen molar-refractivity contribution in [1.82, 2.24) is 0 Å². The predicted octanol–water partition coefficient (Wildman–Crippen LogP) is 2.35. The fourth-order valence-electron chi connectivity index (χ4n) is 1.43. The van der Waals surface area contributed by atoms with Crippen molar-refractivity contribution in [1.29, 1.82) is 0 Å². The van der Waals surface area contributed by atoms with E-state index in [9.17, 15) is 0 Å². The summed E-state index contributed by atoms with van der Waals surface area (Å²) in [5.41, 5.74) is 1.83. The number of aliphatic hydroxyl groups is 1. The molecule has 1 atom stereocenters. The third-order valence-corrected chi connectivity index (χ3v) is 2.68. The summed E-state index contributed by atoms with van der Waals surface area (Å²) in [7, 11) is 1.61. The molecule has 0 bridgehead atoms. The maximum Gasteiger partial charge on any atom is 0.134 e. The first-order valence-electron chi connectivity index (χ1n) is 6.09. The van der Waals surface area contributed by atoms with E-state index in [2.05, 4.69) is 25.7 Å². The van der Waals surface area contributed by atoms with Gasteiger partial charge in [0.05, 0.1) is 25.4 Å². The Bertz CT molecular complexity index is 429. The molecular weight excluding hydrogens is 228 g/mol. The second-order valence-electron chi connectivity index (χ2n) is 4.02. The molecule has 1 aromatic rings. The van der Waals surface area contributed by atoms with E-state index in [1.807, 2.05) is 18.2 Å². The van der Waals surface area contributed by atoms with Gasteiger partial charge in [0, 0.05) is 0 Å². The number of hydrogen-bond donors (Lipinski definition) is 1. The fraction of sp³-hybridized carbons (Fsp3) is 0.467. The Hall–Kier alpha value is -1.50. The highest BCUT2D eigenvalue weighted by Crippen LogP contribution is 2.19. The molecule has 0 radical (unpaired) electrons. The van der Waals surface area contributed by atoms with Crippen molar-refractivity contribution in [3.63, 3.8) is 0 Å². The number of benzene rings is 1. The smallest absolute Gasteiger partial charge is 0.134 e. The minimum absolute atomic E-state index is 0.156. The maximum absolute atomic E-state index is 8.73. The fourth-order valence-corrected chi connectivity index (χ4v) is 1.43. The number of methoxy groups -OCH3 is 1. The van der Waals surface area contributed by atoms with E-state index in [4.69, 9.17) is 14.6 Å². The van der Waals surface area contributed by atoms with Gasteiger partial charge in [-0.05, 0) is 31.0 Å². The topological polar surface area (TPSA) is 38.7 Å². The molecule has 0 saturated carbocycles. The van der Waals surface area contributed by atoms with Gasteiger partial charge in [-0.1, -0.05) is 24.8 Å². The van der Waals surface area contributed by atoms with Crippen molar-refractivity contribution in [2.24, 2.45) is 0 Å². The Balaban J connectivity index is 2.82. The van der Waals surface area contributed by atoms with Gasteiger partial charge in [0.15, 0.2) is 0 Å². The lowest BCUT2D eigenvalue weighted by molar-refractivity contribution is 0.0508. The summed E-state index contributed by atoms with van der Waals surface area (Å²) in [6.07, 6.45) is 1.24. The Labute approximate surface area is 109 Å². The molecule has 98 valence electrons. The monoisotopic (exact) mass is 248 g/mol. The molecule has 3 heteroatoms. The Morgan fingerprint density at radius 2 is 2.17 bits per heavy atom. The van der Waals surface area contributed by atoms with Crippen LogP contribution in [0.5, 0.6) is 5.75 Å². The third-order valence-electron chi connectivity index (χ3n) is 2.68. The van der Waals surface area contributed by atoms with Crippen LogP contribution in [0, 0.1) is 11.8 Å². The van der Waals surface area contributed by atoms with E-state index in [1.54, 1.807) is 7.11 Å². The number of aliphatic hydroxyl groups excluding tert-OH is 1. The molecule has 0 saturated heterocycles. The summed E-state index contributed by atoms with van der Waals surface area (Å²) in [5, 5.41) is 8.73. The molecule has 0 spiro atoms. The summed E-state index contributed by atoms with van der Waals surface area (Å²) in [5.74, 6) is 6.21. The number of ether oxygens (including phenoxy) is 2. The normalized spacial score (nSPS) is 11.6. The third kappa shape index (κ3) is 4.40. The molecule has 0 fully saturated rings. The van der Waals surface area contributed by atoms with Crippen LogP contribution < -0.4 is 4.74 Å². The maximum atomic E-state index is 8.73. The van der Waals surface area contributed by atoms with Gasteiger partial charge in [0.25, 0.3) is 0 Å². The molecule has 0 aromatic heterocycles. The lowest BCUT2D eigenvalue weighted by Gasteiger charge is -2.11. The highest BCUT2D eigenvalue weighted by Gasteiger charge is 2.04. The molecular formula is C15H20O3. The molecule has 1 rings (SSSR count). The number of rotatable bonds is 5. The Morgan fingerprint density at radius 1 is 1.39 bits per heavy atom. The van der Waals surface area contributed by atoms with E-state index in [0.717, 1.165) is 17.5 Å². The summed E-state index contributed by atoms with van der Waals surface area (Å²) >= 11 is 0. The second kappa shape index (κ2) is 7.75. The first-order chi connectivity index (χ1) is 8.71. The lowest BCUT2D eigenvalue weighted by atomic mass is 10.1. The standard InChI is InChI=1S/C15H20O3/c1-4-12(2)18-11-13-7-8-15(17-3)14(10-13)6-5-9-16/h7-8,10,12,16H,4,9,11H2,1-3H3. The van der Waals surface area contributed by atoms with Gasteiger partial charge < -0.3 is 14.6 Å². The van der Waals surface area contributed by atoms with Gasteiger partial charge in [0.2, 0.25) is 0 Å². The predicted molar refractivity (Wildman–Crippen MR) is 71.5 cm³/mol. The zero-order chi connectivity index (χ0) is 13.4. The Kier molecular flexibility index (Phi) is 6.27. The molecule has 0 aliphatic heterocycles. The van der Waals surface area contributed by atoms with Gasteiger partial charge in [-0.3, -0.25) is 0 Å². The SMILES string of the molecule is CCC(C)OCc1ccc(OC)c(C#CCO)c1. The molecule has 0 heterocycles. The quantitative estimate of drug-likeness (QED) is 0.813. The lowest BCUT2D eigenvalue weighted by Crippen LogP contribution is -2.06. The molecule has 0 aliphatic carbocycles. The summed E-state index contributed by atoms with van der Waals surface area (Å²) in [6.45, 7) is 4.55. The van der Waals surface area contributed by atoms with Gasteiger partial charge in [-0.15, -0.1) is 0 Å². The van der Waals surface area contributed by atoms with Crippen LogP contribution in [0.3, 0.4) is 0 Å². The van der Waals surface area contributed by atoms with Crippen LogP contribution in [0.25, 0.3) is 0 Å². The highest BCUT2D eigenvalue weighted by atomic mass is 16.5. The van der Waals surface area contributed by atoms with Crippen LogP contribution in [0.2, 0.25) is 0 Å². The molecule has 3 nitrogen and oxygen atoms in total. The van der Waals surface area contributed by atoms with Crippen LogP contribution in [-0.4, -0.2) is 24.9 Å². The van der Waals surface area contributed by atoms with Crippen molar-refractivity contribution in [3.8, 4) is 17.6 Å². The van der Waals surface area contributed by atoms with Crippen LogP contribution in [-0.2, 0) is 11.3 Å². The van der Waals surface area contributed by atoms with Gasteiger partial charge >= 0.3 is 0 Å². The molecule has 0 aliphatic rings.